The van der Waals surface area contributed by atoms with Crippen molar-refractivity contribution in [3.05, 3.63) is 57.1 Å². The van der Waals surface area contributed by atoms with Crippen LogP contribution < -0.4 is 15.1 Å². The van der Waals surface area contributed by atoms with Gasteiger partial charge in [0.2, 0.25) is 6.79 Å². The van der Waals surface area contributed by atoms with E-state index in [0.29, 0.717) is 38.1 Å². The first-order valence-corrected chi connectivity index (χ1v) is 7.24. The van der Waals surface area contributed by atoms with Gasteiger partial charge >= 0.3 is 5.63 Å². The third kappa shape index (κ3) is 2.07. The molecular formula is C16H8BrFO4. The largest absolute Gasteiger partial charge is 0.454 e. The van der Waals surface area contributed by atoms with Gasteiger partial charge in [0.1, 0.15) is 5.82 Å². The van der Waals surface area contributed by atoms with E-state index in [-0.39, 0.29) is 6.79 Å². The molecule has 0 saturated heterocycles. The van der Waals surface area contributed by atoms with Gasteiger partial charge in [-0.1, -0.05) is 6.07 Å². The van der Waals surface area contributed by atoms with E-state index < -0.39 is 11.4 Å². The zero-order valence-electron chi connectivity index (χ0n) is 11.1. The number of hydrogen-bond donors (Lipinski definition) is 0. The van der Waals surface area contributed by atoms with E-state index >= 15 is 0 Å². The Bertz CT molecular complexity index is 964. The molecule has 22 heavy (non-hydrogen) atoms. The Morgan fingerprint density at radius 2 is 1.86 bits per heavy atom. The molecule has 0 aliphatic carbocycles. The Balaban J connectivity index is 1.95. The lowest BCUT2D eigenvalue weighted by Crippen LogP contribution is -2.03. The van der Waals surface area contributed by atoms with Gasteiger partial charge in [-0.25, -0.2) is 9.18 Å². The third-order valence-electron chi connectivity index (χ3n) is 3.44. The minimum atomic E-state index is -0.501. The average molecular weight is 363 g/mol. The summed E-state index contributed by atoms with van der Waals surface area (Å²) in [6.07, 6.45) is 0. The Morgan fingerprint density at radius 1 is 1.05 bits per heavy atom. The molecule has 3 aromatic rings. The van der Waals surface area contributed by atoms with Gasteiger partial charge in [-0.2, -0.15) is 0 Å². The minimum absolute atomic E-state index is 0.156. The van der Waals surface area contributed by atoms with Gasteiger partial charge in [0.05, 0.1) is 10.0 Å². The summed E-state index contributed by atoms with van der Waals surface area (Å²) < 4.78 is 29.8. The standard InChI is InChI=1S/C16H8BrFO4/c17-12-6-10(18)3-9-4-11(16(19)22-15(9)12)8-1-2-13-14(5-8)21-7-20-13/h1-6H,7H2. The van der Waals surface area contributed by atoms with Crippen molar-refractivity contribution in [1.82, 2.24) is 0 Å². The third-order valence-corrected chi connectivity index (χ3v) is 4.02. The fraction of sp³-hybridized carbons (Fsp3) is 0.0625. The average Bonchev–Trinajstić information content (AvgIpc) is 2.95. The maximum atomic E-state index is 13.5. The number of halogens is 2. The quantitative estimate of drug-likeness (QED) is 0.611. The van der Waals surface area contributed by atoms with E-state index in [0.717, 1.165) is 0 Å². The molecule has 0 spiro atoms. The summed E-state index contributed by atoms with van der Waals surface area (Å²) in [4.78, 5) is 12.2. The van der Waals surface area contributed by atoms with Crippen LogP contribution in [0.25, 0.3) is 22.1 Å². The highest BCUT2D eigenvalue weighted by Gasteiger charge is 2.17. The summed E-state index contributed by atoms with van der Waals surface area (Å²) in [7, 11) is 0. The topological polar surface area (TPSA) is 48.7 Å². The van der Waals surface area contributed by atoms with Crippen LogP contribution in [-0.2, 0) is 0 Å². The first-order chi connectivity index (χ1) is 10.6. The molecule has 2 aromatic carbocycles. The lowest BCUT2D eigenvalue weighted by Gasteiger charge is -2.05. The van der Waals surface area contributed by atoms with Crippen molar-refractivity contribution in [3.63, 3.8) is 0 Å². The molecule has 1 aromatic heterocycles. The second-order valence-electron chi connectivity index (χ2n) is 4.82. The predicted molar refractivity (Wildman–Crippen MR) is 81.7 cm³/mol. The number of fused-ring (bicyclic) bond motifs is 2. The van der Waals surface area contributed by atoms with E-state index in [1.807, 2.05) is 0 Å². The van der Waals surface area contributed by atoms with Gasteiger partial charge in [-0.05, 0) is 51.8 Å². The van der Waals surface area contributed by atoms with Crippen LogP contribution in [0.15, 0.2) is 50.1 Å². The van der Waals surface area contributed by atoms with Crippen LogP contribution in [0.1, 0.15) is 0 Å². The second-order valence-corrected chi connectivity index (χ2v) is 5.68. The Morgan fingerprint density at radius 3 is 2.73 bits per heavy atom. The molecule has 6 heteroatoms. The van der Waals surface area contributed by atoms with Crippen LogP contribution in [0, 0.1) is 5.82 Å². The molecule has 0 bridgehead atoms. The fourth-order valence-electron chi connectivity index (χ4n) is 2.42. The molecule has 0 radical (unpaired) electrons. The number of benzene rings is 2. The number of hydrogen-bond acceptors (Lipinski definition) is 4. The molecule has 1 aliphatic heterocycles. The number of rotatable bonds is 1. The van der Waals surface area contributed by atoms with E-state index in [1.165, 1.54) is 12.1 Å². The van der Waals surface area contributed by atoms with E-state index in [1.54, 1.807) is 24.3 Å². The zero-order valence-corrected chi connectivity index (χ0v) is 12.6. The van der Waals surface area contributed by atoms with Gasteiger partial charge < -0.3 is 13.9 Å². The SMILES string of the molecule is O=c1oc2c(Br)cc(F)cc2cc1-c1ccc2c(c1)OCO2. The molecule has 0 saturated carbocycles. The molecule has 1 aliphatic rings. The van der Waals surface area contributed by atoms with Crippen molar-refractivity contribution in [1.29, 1.82) is 0 Å². The van der Waals surface area contributed by atoms with Crippen molar-refractivity contribution < 1.29 is 18.3 Å². The van der Waals surface area contributed by atoms with Gasteiger partial charge in [0.15, 0.2) is 17.1 Å². The normalized spacial score (nSPS) is 12.8. The second kappa shape index (κ2) is 4.84. The van der Waals surface area contributed by atoms with Crippen molar-refractivity contribution in [3.8, 4) is 22.6 Å². The molecule has 0 amide bonds. The molecule has 110 valence electrons. The van der Waals surface area contributed by atoms with Crippen LogP contribution >= 0.6 is 15.9 Å². The molecular weight excluding hydrogens is 355 g/mol. The van der Waals surface area contributed by atoms with Gasteiger partial charge in [0.25, 0.3) is 0 Å². The summed E-state index contributed by atoms with van der Waals surface area (Å²) in [6.45, 7) is 0.156. The Labute approximate surface area is 132 Å². The van der Waals surface area contributed by atoms with E-state index in [2.05, 4.69) is 15.9 Å². The van der Waals surface area contributed by atoms with Crippen LogP contribution in [0.3, 0.4) is 0 Å². The summed E-state index contributed by atoms with van der Waals surface area (Å²) in [6, 6.07) is 9.34. The van der Waals surface area contributed by atoms with Crippen molar-refractivity contribution >= 4 is 26.9 Å². The number of ether oxygens (including phenoxy) is 2. The lowest BCUT2D eigenvalue weighted by atomic mass is 10.1. The highest BCUT2D eigenvalue weighted by molar-refractivity contribution is 9.10. The highest BCUT2D eigenvalue weighted by Crippen LogP contribution is 2.36. The molecule has 0 atom stereocenters. The van der Waals surface area contributed by atoms with Crippen molar-refractivity contribution in [2.24, 2.45) is 0 Å². The molecule has 0 N–H and O–H groups in total. The zero-order chi connectivity index (χ0) is 15.3. The van der Waals surface area contributed by atoms with Gasteiger partial charge in [-0.3, -0.25) is 0 Å². The first kappa shape index (κ1) is 13.3. The van der Waals surface area contributed by atoms with E-state index in [9.17, 15) is 9.18 Å². The lowest BCUT2D eigenvalue weighted by molar-refractivity contribution is 0.174. The first-order valence-electron chi connectivity index (χ1n) is 6.45. The smallest absolute Gasteiger partial charge is 0.344 e. The fourth-order valence-corrected chi connectivity index (χ4v) is 2.95. The maximum absolute atomic E-state index is 13.5. The molecule has 4 nitrogen and oxygen atoms in total. The highest BCUT2D eigenvalue weighted by atomic mass is 79.9. The van der Waals surface area contributed by atoms with Crippen molar-refractivity contribution in [2.75, 3.05) is 6.79 Å². The molecule has 0 unspecified atom stereocenters. The summed E-state index contributed by atoms with van der Waals surface area (Å²) in [5.41, 5.74) is 0.776. The summed E-state index contributed by atoms with van der Waals surface area (Å²) in [5, 5.41) is 0.499. The Hall–Kier alpha value is -2.34. The Kier molecular flexibility index (Phi) is 2.94. The summed E-state index contributed by atoms with van der Waals surface area (Å²) in [5.74, 6) is 0.782. The predicted octanol–water partition coefficient (Wildman–Crippen LogP) is 4.09. The van der Waals surface area contributed by atoms with Crippen molar-refractivity contribution in [2.45, 2.75) is 0 Å². The van der Waals surface area contributed by atoms with Crippen LogP contribution in [0.4, 0.5) is 4.39 Å². The van der Waals surface area contributed by atoms with Gasteiger partial charge in [-0.15, -0.1) is 0 Å². The van der Waals surface area contributed by atoms with Crippen LogP contribution in [-0.4, -0.2) is 6.79 Å². The minimum Gasteiger partial charge on any atom is -0.454 e. The monoisotopic (exact) mass is 362 g/mol. The molecule has 4 rings (SSSR count). The van der Waals surface area contributed by atoms with E-state index in [4.69, 9.17) is 13.9 Å². The maximum Gasteiger partial charge on any atom is 0.344 e. The van der Waals surface area contributed by atoms with Crippen LogP contribution in [0.2, 0.25) is 0 Å². The summed E-state index contributed by atoms with van der Waals surface area (Å²) >= 11 is 3.19. The van der Waals surface area contributed by atoms with Crippen LogP contribution in [0.5, 0.6) is 11.5 Å². The molecule has 0 fully saturated rings. The molecule has 2 heterocycles. The van der Waals surface area contributed by atoms with Gasteiger partial charge in [0, 0.05) is 5.39 Å².